The van der Waals surface area contributed by atoms with Crippen molar-refractivity contribution in [2.24, 2.45) is 7.05 Å². The first-order valence-corrected chi connectivity index (χ1v) is 11.7. The Hall–Kier alpha value is -4.16. The first-order chi connectivity index (χ1) is 16.4. The van der Waals surface area contributed by atoms with Gasteiger partial charge in [0.15, 0.2) is 6.20 Å². The molecule has 7 rings (SSSR count). The molecule has 7 aromatic rings. The molecule has 34 heavy (non-hydrogen) atoms. The van der Waals surface area contributed by atoms with Crippen molar-refractivity contribution < 1.29 is 4.57 Å². The van der Waals surface area contributed by atoms with Gasteiger partial charge in [-0.25, -0.2) is 11.1 Å². The monoisotopic (exact) mass is 438 g/mol. The van der Waals surface area contributed by atoms with Crippen molar-refractivity contribution in [3.05, 3.63) is 95.5 Å². The second-order valence-electron chi connectivity index (χ2n) is 10.0. The van der Waals surface area contributed by atoms with E-state index >= 15 is 0 Å². The van der Waals surface area contributed by atoms with Gasteiger partial charge >= 0.3 is 0 Å². The second-order valence-corrected chi connectivity index (χ2v) is 10.0. The normalized spacial score (nSPS) is 12.7. The lowest BCUT2D eigenvalue weighted by molar-refractivity contribution is -0.643. The molecule has 0 saturated heterocycles. The Morgan fingerprint density at radius 1 is 0.824 bits per heavy atom. The summed E-state index contributed by atoms with van der Waals surface area (Å²) < 4.78 is 4.72. The quantitative estimate of drug-likeness (QED) is 0.109. The van der Waals surface area contributed by atoms with Crippen LogP contribution in [0.15, 0.2) is 72.9 Å². The predicted molar refractivity (Wildman–Crippen MR) is 142 cm³/mol. The summed E-state index contributed by atoms with van der Waals surface area (Å²) >= 11 is 0. The highest BCUT2D eigenvalue weighted by Crippen LogP contribution is 2.46. The number of pyridine rings is 2. The summed E-state index contributed by atoms with van der Waals surface area (Å²) in [6.45, 7) is 14.3. The number of fused-ring (bicyclic) bond motifs is 7. The predicted octanol–water partition coefficient (Wildman–Crippen LogP) is 7.43. The highest BCUT2D eigenvalue weighted by Gasteiger charge is 2.34. The molecule has 0 saturated carbocycles. The van der Waals surface area contributed by atoms with Crippen LogP contribution in [0.1, 0.15) is 25.0 Å². The van der Waals surface area contributed by atoms with E-state index in [0.29, 0.717) is 0 Å². The highest BCUT2D eigenvalue weighted by molar-refractivity contribution is 6.29. The molecule has 0 radical (unpaired) electrons. The van der Waals surface area contributed by atoms with Gasteiger partial charge in [-0.2, -0.15) is 0 Å². The number of aryl methyl sites for hydroxylation is 2. The van der Waals surface area contributed by atoms with E-state index in [1.807, 2.05) is 13.8 Å². The lowest BCUT2D eigenvalue weighted by atomic mass is 9.87. The van der Waals surface area contributed by atoms with Crippen LogP contribution in [0.4, 0.5) is 0 Å². The maximum absolute atomic E-state index is 7.98. The molecule has 0 atom stereocenters. The minimum Gasteiger partial charge on any atom is -0.307 e. The van der Waals surface area contributed by atoms with Gasteiger partial charge in [-0.1, -0.05) is 42.5 Å². The molecule has 0 fully saturated rings. The first-order valence-electron chi connectivity index (χ1n) is 11.7. The maximum atomic E-state index is 7.98. The minimum atomic E-state index is -0.624. The van der Waals surface area contributed by atoms with Crippen LogP contribution < -0.4 is 4.57 Å². The zero-order chi connectivity index (χ0) is 23.4. The van der Waals surface area contributed by atoms with E-state index in [1.54, 1.807) is 0 Å². The van der Waals surface area contributed by atoms with Crippen LogP contribution >= 0.6 is 0 Å². The Labute approximate surface area is 197 Å². The smallest absolute Gasteiger partial charge is 0.252 e. The van der Waals surface area contributed by atoms with Gasteiger partial charge in [0, 0.05) is 36.2 Å². The molecule has 0 spiro atoms. The van der Waals surface area contributed by atoms with Gasteiger partial charge in [-0.15, -0.1) is 0 Å². The average molecular weight is 439 g/mol. The standard InChI is InChI=1S/C31H24N3/c1-18-21-11-7-6-10-19(21)17-25-26(18)29-27-20(14-15-33(29)5)16-23(31(2,3)32-4)28-22-12-8-9-13-24(22)34(25)30(27)28/h6-17H,1-3,5H3/q+1. The summed E-state index contributed by atoms with van der Waals surface area (Å²) in [6.07, 6.45) is 2.16. The van der Waals surface area contributed by atoms with E-state index in [1.165, 1.54) is 65.3 Å². The summed E-state index contributed by atoms with van der Waals surface area (Å²) in [5.74, 6) is 0. The van der Waals surface area contributed by atoms with Crippen LogP contribution in [0, 0.1) is 13.5 Å². The van der Waals surface area contributed by atoms with Crippen LogP contribution in [-0.2, 0) is 12.6 Å². The van der Waals surface area contributed by atoms with Crippen molar-refractivity contribution >= 4 is 59.8 Å². The average Bonchev–Trinajstić information content (AvgIpc) is 3.20. The zero-order valence-corrected chi connectivity index (χ0v) is 19.8. The fourth-order valence-electron chi connectivity index (χ4n) is 6.09. The molecule has 0 N–H and O–H groups in total. The molecule has 162 valence electrons. The van der Waals surface area contributed by atoms with Crippen molar-refractivity contribution in [3.8, 4) is 0 Å². The van der Waals surface area contributed by atoms with Crippen LogP contribution in [0.2, 0.25) is 0 Å². The summed E-state index contributed by atoms with van der Waals surface area (Å²) in [5, 5.41) is 8.70. The number of benzene rings is 4. The van der Waals surface area contributed by atoms with E-state index in [9.17, 15) is 0 Å². The van der Waals surface area contributed by atoms with E-state index < -0.39 is 5.54 Å². The van der Waals surface area contributed by atoms with Gasteiger partial charge in [0.05, 0.1) is 27.3 Å². The maximum Gasteiger partial charge on any atom is 0.252 e. The van der Waals surface area contributed by atoms with Gasteiger partial charge in [-0.05, 0) is 46.8 Å². The molecule has 0 aliphatic heterocycles. The van der Waals surface area contributed by atoms with Crippen molar-refractivity contribution in [3.63, 3.8) is 0 Å². The largest absolute Gasteiger partial charge is 0.307 e. The number of hydrogen-bond acceptors (Lipinski definition) is 0. The molecular formula is C31H24N3+. The Morgan fingerprint density at radius 2 is 1.56 bits per heavy atom. The summed E-state index contributed by atoms with van der Waals surface area (Å²) in [6, 6.07) is 24.2. The van der Waals surface area contributed by atoms with E-state index in [0.717, 1.165) is 5.56 Å². The first kappa shape index (κ1) is 19.3. The Bertz CT molecular complexity index is 2020. The van der Waals surface area contributed by atoms with E-state index in [-0.39, 0.29) is 0 Å². The molecule has 0 amide bonds. The molecular weight excluding hydrogens is 414 g/mol. The van der Waals surface area contributed by atoms with E-state index in [2.05, 4.69) is 101 Å². The van der Waals surface area contributed by atoms with Crippen molar-refractivity contribution in [1.29, 1.82) is 0 Å². The third-order valence-corrected chi connectivity index (χ3v) is 7.74. The molecule has 0 aliphatic rings. The number of aromatic nitrogens is 2. The molecule has 3 heteroatoms. The minimum absolute atomic E-state index is 0.624. The fraction of sp³-hybridized carbons (Fsp3) is 0.161. The third kappa shape index (κ3) is 2.18. The summed E-state index contributed by atoms with van der Waals surface area (Å²) in [5.41, 5.74) is 6.66. The van der Waals surface area contributed by atoms with Gasteiger partial charge in [-0.3, -0.25) is 0 Å². The zero-order valence-electron chi connectivity index (χ0n) is 19.8. The molecule has 0 bridgehead atoms. The highest BCUT2D eigenvalue weighted by atomic mass is 15.0. The van der Waals surface area contributed by atoms with Gasteiger partial charge in [0.1, 0.15) is 7.05 Å². The van der Waals surface area contributed by atoms with Gasteiger partial charge in [0.25, 0.3) is 5.54 Å². The Morgan fingerprint density at radius 3 is 2.35 bits per heavy atom. The van der Waals surface area contributed by atoms with Crippen molar-refractivity contribution in [2.45, 2.75) is 26.3 Å². The molecule has 3 aromatic heterocycles. The third-order valence-electron chi connectivity index (χ3n) is 7.74. The molecule has 0 unspecified atom stereocenters. The van der Waals surface area contributed by atoms with Crippen LogP contribution in [0.5, 0.6) is 0 Å². The van der Waals surface area contributed by atoms with Crippen molar-refractivity contribution in [1.82, 2.24) is 4.40 Å². The van der Waals surface area contributed by atoms with Gasteiger partial charge < -0.3 is 9.25 Å². The van der Waals surface area contributed by atoms with Crippen molar-refractivity contribution in [2.75, 3.05) is 0 Å². The Kier molecular flexibility index (Phi) is 3.55. The summed E-state index contributed by atoms with van der Waals surface area (Å²) in [7, 11) is 2.15. The van der Waals surface area contributed by atoms with E-state index in [4.69, 9.17) is 6.57 Å². The van der Waals surface area contributed by atoms with Crippen LogP contribution in [0.3, 0.4) is 0 Å². The topological polar surface area (TPSA) is 12.7 Å². The number of para-hydroxylation sites is 1. The fourth-order valence-corrected chi connectivity index (χ4v) is 6.09. The number of hydrogen-bond donors (Lipinski definition) is 0. The lowest BCUT2D eigenvalue weighted by Gasteiger charge is -2.18. The van der Waals surface area contributed by atoms with Crippen LogP contribution in [0.25, 0.3) is 64.6 Å². The van der Waals surface area contributed by atoms with Gasteiger partial charge in [0.2, 0.25) is 5.52 Å². The number of rotatable bonds is 1. The van der Waals surface area contributed by atoms with Crippen LogP contribution in [-0.4, -0.2) is 4.40 Å². The molecule has 3 nitrogen and oxygen atoms in total. The number of nitrogens with zero attached hydrogens (tertiary/aromatic N) is 3. The molecule has 3 heterocycles. The lowest BCUT2D eigenvalue weighted by Crippen LogP contribution is -2.29. The second kappa shape index (κ2) is 6.24. The SMILES string of the molecule is [C-]#[N+]C(C)(C)c1cc2cc[n+](C)c3c4c(C)c5ccccc5cc4n4c5ccccc5c1c4c23. The summed E-state index contributed by atoms with van der Waals surface area (Å²) in [4.78, 5) is 4.06. The molecule has 0 aliphatic carbocycles. The Balaban J connectivity index is 1.95. The molecule has 4 aromatic carbocycles.